The number of rotatable bonds is 3. The lowest BCUT2D eigenvalue weighted by molar-refractivity contribution is -0.157. The zero-order chi connectivity index (χ0) is 14.2. The number of carboxylic acid groups (broad SMARTS) is 1. The van der Waals surface area contributed by atoms with Gasteiger partial charge in [-0.15, -0.1) is 0 Å². The molecule has 2 atom stereocenters. The van der Waals surface area contributed by atoms with E-state index in [1.807, 2.05) is 0 Å². The van der Waals surface area contributed by atoms with Crippen LogP contribution in [-0.2, 0) is 9.59 Å². The lowest BCUT2D eigenvalue weighted by atomic mass is 9.67. The van der Waals surface area contributed by atoms with Gasteiger partial charge in [-0.25, -0.2) is 0 Å². The van der Waals surface area contributed by atoms with Crippen LogP contribution >= 0.6 is 11.6 Å². The van der Waals surface area contributed by atoms with Crippen LogP contribution in [0, 0.1) is 5.41 Å². The molecule has 0 aliphatic carbocycles. The number of hydrogen-bond acceptors (Lipinski definition) is 3. The minimum absolute atomic E-state index is 0.0735. The molecule has 0 radical (unpaired) electrons. The normalized spacial score (nSPS) is 25.6. The first-order valence-corrected chi connectivity index (χ1v) is 6.31. The lowest BCUT2D eigenvalue weighted by Crippen LogP contribution is -2.51. The van der Waals surface area contributed by atoms with E-state index in [0.717, 1.165) is 0 Å². The third-order valence-electron chi connectivity index (χ3n) is 3.77. The summed E-state index contributed by atoms with van der Waals surface area (Å²) in [5, 5.41) is 22.0. The minimum Gasteiger partial charge on any atom is -0.480 e. The maximum absolute atomic E-state index is 12.2. The van der Waals surface area contributed by atoms with Crippen LogP contribution < -0.4 is 5.32 Å². The van der Waals surface area contributed by atoms with Crippen molar-refractivity contribution in [1.29, 1.82) is 0 Å². The number of carbonyl (C=O) groups is 2. The second kappa shape index (κ2) is 4.83. The van der Waals surface area contributed by atoms with Crippen LogP contribution in [-0.4, -0.2) is 28.7 Å². The van der Waals surface area contributed by atoms with Crippen LogP contribution in [0.1, 0.15) is 24.8 Å². The molecule has 6 heteroatoms. The van der Waals surface area contributed by atoms with E-state index in [0.29, 0.717) is 16.3 Å². The molecule has 2 rings (SSSR count). The van der Waals surface area contributed by atoms with E-state index in [4.69, 9.17) is 11.6 Å². The molecule has 1 amide bonds. The van der Waals surface area contributed by atoms with Gasteiger partial charge in [0.05, 0.1) is 6.61 Å². The molecule has 0 spiro atoms. The van der Waals surface area contributed by atoms with E-state index < -0.39 is 29.8 Å². The highest BCUT2D eigenvalue weighted by Gasteiger charge is 2.55. The maximum Gasteiger partial charge on any atom is 0.319 e. The Bertz CT molecular complexity index is 545. The first kappa shape index (κ1) is 13.8. The lowest BCUT2D eigenvalue weighted by Gasteiger charge is -2.39. The van der Waals surface area contributed by atoms with Crippen molar-refractivity contribution in [3.63, 3.8) is 0 Å². The molecule has 0 saturated carbocycles. The Labute approximate surface area is 115 Å². The van der Waals surface area contributed by atoms with E-state index in [9.17, 15) is 19.8 Å². The number of anilines is 1. The van der Waals surface area contributed by atoms with Gasteiger partial charge in [0.25, 0.3) is 0 Å². The smallest absolute Gasteiger partial charge is 0.319 e. The first-order chi connectivity index (χ1) is 8.98. The summed E-state index contributed by atoms with van der Waals surface area (Å²) in [4.78, 5) is 23.8. The Hall–Kier alpha value is -1.59. The monoisotopic (exact) mass is 283 g/mol. The Morgan fingerprint density at radius 3 is 2.74 bits per heavy atom. The molecule has 5 nitrogen and oxygen atoms in total. The average Bonchev–Trinajstić information content (AvgIpc) is 2.37. The van der Waals surface area contributed by atoms with Gasteiger partial charge in [-0.05, 0) is 18.6 Å². The number of aliphatic hydroxyl groups is 1. The van der Waals surface area contributed by atoms with Crippen LogP contribution in [0.3, 0.4) is 0 Å². The second-order valence-corrected chi connectivity index (χ2v) is 4.93. The Morgan fingerprint density at radius 1 is 1.53 bits per heavy atom. The summed E-state index contributed by atoms with van der Waals surface area (Å²) in [6.07, 6.45) is 0.0735. The van der Waals surface area contributed by atoms with Crippen molar-refractivity contribution in [2.24, 2.45) is 5.41 Å². The van der Waals surface area contributed by atoms with Crippen molar-refractivity contribution in [2.75, 3.05) is 11.9 Å². The number of halogens is 1. The third kappa shape index (κ3) is 1.81. The van der Waals surface area contributed by atoms with Crippen LogP contribution in [0.15, 0.2) is 18.2 Å². The highest BCUT2D eigenvalue weighted by molar-refractivity contribution is 6.32. The summed E-state index contributed by atoms with van der Waals surface area (Å²) in [5.41, 5.74) is -0.746. The molecule has 3 N–H and O–H groups in total. The van der Waals surface area contributed by atoms with Gasteiger partial charge in [-0.2, -0.15) is 0 Å². The van der Waals surface area contributed by atoms with Crippen LogP contribution in [0.2, 0.25) is 5.02 Å². The summed E-state index contributed by atoms with van der Waals surface area (Å²) in [6, 6.07) is 4.92. The SMILES string of the molecule is CCC1(C(=O)O)C(=O)Nc2cccc(Cl)c2C1CO. The second-order valence-electron chi connectivity index (χ2n) is 4.52. The molecule has 0 saturated heterocycles. The predicted molar refractivity (Wildman–Crippen MR) is 70.3 cm³/mol. The maximum atomic E-state index is 12.2. The highest BCUT2D eigenvalue weighted by Crippen LogP contribution is 2.48. The van der Waals surface area contributed by atoms with Crippen LogP contribution in [0.5, 0.6) is 0 Å². The van der Waals surface area contributed by atoms with Gasteiger partial charge in [0, 0.05) is 22.2 Å². The predicted octanol–water partition coefficient (Wildman–Crippen LogP) is 1.85. The summed E-state index contributed by atoms with van der Waals surface area (Å²) in [5.74, 6) is -2.72. The highest BCUT2D eigenvalue weighted by atomic mass is 35.5. The largest absolute Gasteiger partial charge is 0.480 e. The standard InChI is InChI=1S/C13H14ClNO4/c1-2-13(12(18)19)7(6-16)10-8(14)4-3-5-9(10)15-11(13)17/h3-5,7,16H,2,6H2,1H3,(H,15,17)(H,18,19). The average molecular weight is 284 g/mol. The van der Waals surface area contributed by atoms with Gasteiger partial charge < -0.3 is 15.5 Å². The number of amides is 1. The fraction of sp³-hybridized carbons (Fsp3) is 0.385. The van der Waals surface area contributed by atoms with E-state index in [1.54, 1.807) is 25.1 Å². The molecule has 1 aliphatic heterocycles. The number of carbonyl (C=O) groups excluding carboxylic acids is 1. The summed E-state index contributed by atoms with van der Waals surface area (Å²) < 4.78 is 0. The first-order valence-electron chi connectivity index (χ1n) is 5.93. The van der Waals surface area contributed by atoms with Crippen molar-refractivity contribution in [1.82, 2.24) is 0 Å². The van der Waals surface area contributed by atoms with Crippen molar-refractivity contribution < 1.29 is 19.8 Å². The molecular weight excluding hydrogens is 270 g/mol. The minimum atomic E-state index is -1.69. The van der Waals surface area contributed by atoms with Gasteiger partial charge in [0.2, 0.25) is 5.91 Å². The number of benzene rings is 1. The van der Waals surface area contributed by atoms with E-state index >= 15 is 0 Å². The van der Waals surface area contributed by atoms with Crippen molar-refractivity contribution in [3.05, 3.63) is 28.8 Å². The molecular formula is C13H14ClNO4. The Morgan fingerprint density at radius 2 is 2.21 bits per heavy atom. The Balaban J connectivity index is 2.71. The summed E-state index contributed by atoms with van der Waals surface area (Å²) >= 11 is 6.10. The fourth-order valence-electron chi connectivity index (χ4n) is 2.69. The number of aliphatic hydroxyl groups excluding tert-OH is 1. The molecule has 0 bridgehead atoms. The molecule has 1 aliphatic rings. The third-order valence-corrected chi connectivity index (χ3v) is 4.10. The summed E-state index contributed by atoms with van der Waals surface area (Å²) in [6.45, 7) is 1.16. The molecule has 1 aromatic rings. The summed E-state index contributed by atoms with van der Waals surface area (Å²) in [7, 11) is 0. The molecule has 2 unspecified atom stereocenters. The molecule has 102 valence electrons. The number of hydrogen-bond donors (Lipinski definition) is 3. The molecule has 19 heavy (non-hydrogen) atoms. The van der Waals surface area contributed by atoms with E-state index in [-0.39, 0.29) is 6.42 Å². The topological polar surface area (TPSA) is 86.6 Å². The van der Waals surface area contributed by atoms with E-state index in [2.05, 4.69) is 5.32 Å². The zero-order valence-corrected chi connectivity index (χ0v) is 11.1. The van der Waals surface area contributed by atoms with Gasteiger partial charge in [-0.3, -0.25) is 9.59 Å². The number of nitrogens with one attached hydrogen (secondary N) is 1. The van der Waals surface area contributed by atoms with Gasteiger partial charge >= 0.3 is 5.97 Å². The van der Waals surface area contributed by atoms with Crippen LogP contribution in [0.25, 0.3) is 0 Å². The van der Waals surface area contributed by atoms with E-state index in [1.165, 1.54) is 0 Å². The number of fused-ring (bicyclic) bond motifs is 1. The fourth-order valence-corrected chi connectivity index (χ4v) is 3.00. The van der Waals surface area contributed by atoms with Crippen molar-refractivity contribution in [2.45, 2.75) is 19.3 Å². The van der Waals surface area contributed by atoms with Gasteiger partial charge in [-0.1, -0.05) is 24.6 Å². The van der Waals surface area contributed by atoms with Crippen LogP contribution in [0.4, 0.5) is 5.69 Å². The number of carboxylic acids is 1. The molecule has 0 aromatic heterocycles. The van der Waals surface area contributed by atoms with Crippen molar-refractivity contribution >= 4 is 29.2 Å². The molecule has 1 aromatic carbocycles. The van der Waals surface area contributed by atoms with Crippen molar-refractivity contribution in [3.8, 4) is 0 Å². The molecule has 1 heterocycles. The Kier molecular flexibility index (Phi) is 3.52. The zero-order valence-electron chi connectivity index (χ0n) is 10.3. The number of aliphatic carboxylic acids is 1. The van der Waals surface area contributed by atoms with Gasteiger partial charge in [0.1, 0.15) is 0 Å². The molecule has 0 fully saturated rings. The quantitative estimate of drug-likeness (QED) is 0.739. The van der Waals surface area contributed by atoms with Gasteiger partial charge in [0.15, 0.2) is 5.41 Å².